The maximum atomic E-state index is 5.42. The van der Waals surface area contributed by atoms with Crippen molar-refractivity contribution in [1.29, 1.82) is 0 Å². The van der Waals surface area contributed by atoms with E-state index in [0.29, 0.717) is 27.8 Å². The third kappa shape index (κ3) is 3.98. The smallest absolute Gasteiger partial charge is 0.551 e. The molecular weight excluding hydrogens is 574 g/mol. The number of imidazole rings is 1. The van der Waals surface area contributed by atoms with Crippen molar-refractivity contribution in [2.24, 2.45) is 5.92 Å². The molecule has 0 saturated heterocycles. The molecule has 1 fully saturated rings. The number of fused-ring (bicyclic) bond motifs is 1. The largest absolute Gasteiger partial charge is 2.00 e. The summed E-state index contributed by atoms with van der Waals surface area (Å²) >= 11 is 5.42. The Morgan fingerprint density at radius 3 is 2.77 bits per heavy atom. The fraction of sp³-hybridized carbons (Fsp3) is 0.333. The quantitative estimate of drug-likeness (QED) is 0.360. The molecular formula is C18H20N4O2SU. The summed E-state index contributed by atoms with van der Waals surface area (Å²) in [6, 6.07) is 6.76. The Hall–Kier alpha value is -1.36. The molecule has 1 aliphatic carbocycles. The van der Waals surface area contributed by atoms with E-state index in [1.165, 1.54) is 12.8 Å². The van der Waals surface area contributed by atoms with Gasteiger partial charge in [0.1, 0.15) is 0 Å². The molecule has 26 heavy (non-hydrogen) atoms. The molecule has 0 bridgehead atoms. The average molecular weight is 594 g/mol. The van der Waals surface area contributed by atoms with Crippen LogP contribution < -0.4 is 9.47 Å². The summed E-state index contributed by atoms with van der Waals surface area (Å²) < 4.78 is 13.3. The molecule has 1 N–H and O–H groups in total. The SMILES string of the molecule is COc1[c-]cc(-c2cnc3[nH]c(=S)n(CC4CC4)c3n2)cc1OC.[CH3-].[U+2]. The standard InChI is InChI=1S/C17H17N4O2S.CH3.U/c1-22-13-6-5-11(7-14(13)23-2)12-8-18-15-16(19-12)21(17(24)20-15)9-10-3-4-10;;/h5,7-8,10H,3-4,9H2,1-2H3,(H,18,20,24);1H3;/q2*-1;+2. The monoisotopic (exact) mass is 594 g/mol. The Labute approximate surface area is 181 Å². The number of hydrogen-bond acceptors (Lipinski definition) is 5. The number of aromatic amines is 1. The summed E-state index contributed by atoms with van der Waals surface area (Å²) in [5, 5.41) is 0. The molecule has 0 amide bonds. The van der Waals surface area contributed by atoms with Crippen molar-refractivity contribution < 1.29 is 40.6 Å². The van der Waals surface area contributed by atoms with Gasteiger partial charge >= 0.3 is 31.1 Å². The molecule has 3 aromatic rings. The van der Waals surface area contributed by atoms with Crippen molar-refractivity contribution in [3.8, 4) is 22.8 Å². The van der Waals surface area contributed by atoms with E-state index in [-0.39, 0.29) is 38.5 Å². The molecule has 1 saturated carbocycles. The fourth-order valence-corrected chi connectivity index (χ4v) is 2.97. The minimum atomic E-state index is 0. The van der Waals surface area contributed by atoms with Gasteiger partial charge in [-0.3, -0.25) is 4.57 Å². The van der Waals surface area contributed by atoms with Crippen LogP contribution >= 0.6 is 12.2 Å². The number of hydrogen-bond donors (Lipinski definition) is 1. The van der Waals surface area contributed by atoms with Gasteiger partial charge in [0.15, 0.2) is 16.1 Å². The second-order valence-electron chi connectivity index (χ2n) is 5.90. The maximum absolute atomic E-state index is 5.42. The van der Waals surface area contributed by atoms with Crippen LogP contribution in [0.3, 0.4) is 0 Å². The average Bonchev–Trinajstić information content (AvgIpc) is 3.38. The van der Waals surface area contributed by atoms with E-state index < -0.39 is 0 Å². The summed E-state index contributed by atoms with van der Waals surface area (Å²) in [4.78, 5) is 12.4. The minimum Gasteiger partial charge on any atom is -0.551 e. The van der Waals surface area contributed by atoms with Crippen LogP contribution in [0.5, 0.6) is 11.5 Å². The molecule has 1 aromatic carbocycles. The number of aromatic nitrogens is 4. The minimum absolute atomic E-state index is 0. The molecule has 0 radical (unpaired) electrons. The number of methoxy groups -OCH3 is 2. The number of nitrogens with one attached hydrogen (secondary N) is 1. The second kappa shape index (κ2) is 8.55. The Bertz CT molecular complexity index is 965. The number of benzene rings is 1. The predicted octanol–water partition coefficient (Wildman–Crippen LogP) is 3.83. The Morgan fingerprint density at radius 1 is 1.35 bits per heavy atom. The molecule has 6 nitrogen and oxygen atoms in total. The first kappa shape index (κ1) is 20.9. The maximum Gasteiger partial charge on any atom is 2.00 e. The van der Waals surface area contributed by atoms with E-state index in [9.17, 15) is 0 Å². The Balaban J connectivity index is 0.00000121. The van der Waals surface area contributed by atoms with Gasteiger partial charge in [0.05, 0.1) is 14.2 Å². The Morgan fingerprint density at radius 2 is 2.12 bits per heavy atom. The van der Waals surface area contributed by atoms with Gasteiger partial charge in [-0.05, 0) is 31.0 Å². The molecule has 0 spiro atoms. The number of nitrogens with zero attached hydrogens (tertiary/aromatic N) is 3. The van der Waals surface area contributed by atoms with Crippen molar-refractivity contribution in [2.45, 2.75) is 19.4 Å². The van der Waals surface area contributed by atoms with Crippen LogP contribution in [-0.2, 0) is 6.54 Å². The first-order valence-electron chi connectivity index (χ1n) is 7.79. The topological polar surface area (TPSA) is 65.0 Å². The van der Waals surface area contributed by atoms with Gasteiger partial charge in [-0.1, -0.05) is 0 Å². The zero-order valence-corrected chi connectivity index (χ0v) is 20.0. The van der Waals surface area contributed by atoms with E-state index in [1.807, 2.05) is 16.7 Å². The zero-order chi connectivity index (χ0) is 16.7. The molecule has 1 aliphatic rings. The molecule has 0 atom stereocenters. The van der Waals surface area contributed by atoms with Crippen molar-refractivity contribution in [1.82, 2.24) is 19.5 Å². The van der Waals surface area contributed by atoms with Crippen molar-refractivity contribution >= 4 is 23.5 Å². The fourth-order valence-electron chi connectivity index (χ4n) is 2.71. The first-order chi connectivity index (χ1) is 11.7. The van der Waals surface area contributed by atoms with Crippen LogP contribution in [0.25, 0.3) is 22.6 Å². The van der Waals surface area contributed by atoms with Crippen molar-refractivity contribution in [3.05, 3.63) is 36.6 Å². The number of rotatable bonds is 5. The van der Waals surface area contributed by atoms with Crippen LogP contribution in [0.2, 0.25) is 0 Å². The first-order valence-corrected chi connectivity index (χ1v) is 8.20. The summed E-state index contributed by atoms with van der Waals surface area (Å²) in [7, 11) is 3.19. The molecule has 2 aromatic heterocycles. The van der Waals surface area contributed by atoms with Crippen LogP contribution in [-0.4, -0.2) is 33.7 Å². The third-order valence-corrected chi connectivity index (χ3v) is 4.53. The van der Waals surface area contributed by atoms with Gasteiger partial charge in [-0.15, -0.1) is 17.7 Å². The summed E-state index contributed by atoms with van der Waals surface area (Å²) in [5.74, 6) is 1.88. The molecule has 0 aliphatic heterocycles. The van der Waals surface area contributed by atoms with E-state index in [0.717, 1.165) is 23.4 Å². The molecule has 0 unspecified atom stereocenters. The van der Waals surface area contributed by atoms with Gasteiger partial charge in [0, 0.05) is 29.9 Å². The molecule has 2 heterocycles. The van der Waals surface area contributed by atoms with Crippen LogP contribution in [0.15, 0.2) is 18.3 Å². The summed E-state index contributed by atoms with van der Waals surface area (Å²) in [6.07, 6.45) is 4.24. The number of H-pyrrole nitrogens is 1. The molecule has 134 valence electrons. The van der Waals surface area contributed by atoms with Crippen LogP contribution in [0, 0.1) is 55.3 Å². The van der Waals surface area contributed by atoms with Gasteiger partial charge in [0.2, 0.25) is 0 Å². The predicted molar refractivity (Wildman–Crippen MR) is 99.2 cm³/mol. The zero-order valence-electron chi connectivity index (χ0n) is 15.0. The van der Waals surface area contributed by atoms with Crippen LogP contribution in [0.4, 0.5) is 0 Å². The van der Waals surface area contributed by atoms with Crippen LogP contribution in [0.1, 0.15) is 12.8 Å². The normalized spacial score (nSPS) is 13.0. The second-order valence-corrected chi connectivity index (χ2v) is 6.29. The number of ether oxygens (including phenoxy) is 2. The van der Waals surface area contributed by atoms with Gasteiger partial charge in [0.25, 0.3) is 0 Å². The van der Waals surface area contributed by atoms with Gasteiger partial charge < -0.3 is 21.9 Å². The van der Waals surface area contributed by atoms with Gasteiger partial charge in [-0.25, -0.2) is 9.97 Å². The van der Waals surface area contributed by atoms with Crippen molar-refractivity contribution in [3.63, 3.8) is 0 Å². The van der Waals surface area contributed by atoms with Gasteiger partial charge in [-0.2, -0.15) is 6.07 Å². The van der Waals surface area contributed by atoms with E-state index in [1.54, 1.807) is 20.4 Å². The summed E-state index contributed by atoms with van der Waals surface area (Å²) in [5.41, 5.74) is 3.12. The van der Waals surface area contributed by atoms with E-state index >= 15 is 0 Å². The van der Waals surface area contributed by atoms with E-state index in [4.69, 9.17) is 26.7 Å². The Kier molecular flexibility index (Phi) is 6.89. The third-order valence-electron chi connectivity index (χ3n) is 4.21. The molecule has 8 heteroatoms. The molecule has 4 rings (SSSR count). The van der Waals surface area contributed by atoms with Crippen molar-refractivity contribution in [2.75, 3.05) is 14.2 Å². The summed E-state index contributed by atoms with van der Waals surface area (Å²) in [6.45, 7) is 0.898. The van der Waals surface area contributed by atoms with E-state index in [2.05, 4.69) is 16.0 Å².